The monoisotopic (exact) mass is 346 g/mol. The van der Waals surface area contributed by atoms with E-state index >= 15 is 0 Å². The fourth-order valence-corrected chi connectivity index (χ4v) is 2.39. The van der Waals surface area contributed by atoms with Crippen LogP contribution in [0.25, 0.3) is 11.4 Å². The molecule has 1 heterocycles. The van der Waals surface area contributed by atoms with E-state index in [1.165, 1.54) is 0 Å². The smallest absolute Gasteiger partial charge is 0.226 e. The van der Waals surface area contributed by atoms with Gasteiger partial charge in [0, 0.05) is 31.0 Å². The number of hydrogen-bond acceptors (Lipinski definition) is 6. The summed E-state index contributed by atoms with van der Waals surface area (Å²) in [5.41, 5.74) is 0.867. The van der Waals surface area contributed by atoms with Crippen LogP contribution in [0, 0.1) is 0 Å². The summed E-state index contributed by atoms with van der Waals surface area (Å²) in [5.74, 6) is 1.91. The van der Waals surface area contributed by atoms with E-state index in [2.05, 4.69) is 20.8 Å². The van der Waals surface area contributed by atoms with Crippen LogP contribution in [-0.4, -0.2) is 42.3 Å². The van der Waals surface area contributed by atoms with Crippen molar-refractivity contribution >= 4 is 5.91 Å². The second kappa shape index (κ2) is 9.78. The minimum Gasteiger partial charge on any atom is -0.497 e. The summed E-state index contributed by atoms with van der Waals surface area (Å²) in [6.07, 6.45) is 1.70. The molecule has 0 saturated carbocycles. The van der Waals surface area contributed by atoms with Crippen LogP contribution in [0.3, 0.4) is 0 Å². The Hall–Kier alpha value is -2.41. The molecule has 0 saturated heterocycles. The van der Waals surface area contributed by atoms with Crippen molar-refractivity contribution in [3.8, 4) is 17.1 Å². The number of ether oxygens (including phenoxy) is 1. The van der Waals surface area contributed by atoms with Gasteiger partial charge in [-0.1, -0.05) is 12.1 Å². The quantitative estimate of drug-likeness (QED) is 0.685. The van der Waals surface area contributed by atoms with Gasteiger partial charge in [0.2, 0.25) is 17.6 Å². The van der Waals surface area contributed by atoms with E-state index in [-0.39, 0.29) is 11.9 Å². The lowest BCUT2D eigenvalue weighted by Gasteiger charge is -2.12. The Balaban J connectivity index is 1.74. The van der Waals surface area contributed by atoms with Crippen molar-refractivity contribution in [2.75, 3.05) is 20.2 Å². The van der Waals surface area contributed by atoms with Crippen molar-refractivity contribution in [1.29, 1.82) is 0 Å². The van der Waals surface area contributed by atoms with Gasteiger partial charge in [0.25, 0.3) is 0 Å². The Morgan fingerprint density at radius 1 is 1.32 bits per heavy atom. The van der Waals surface area contributed by atoms with Crippen molar-refractivity contribution < 1.29 is 14.1 Å². The first-order chi connectivity index (χ1) is 12.1. The van der Waals surface area contributed by atoms with Crippen molar-refractivity contribution in [2.24, 2.45) is 0 Å². The Morgan fingerprint density at radius 3 is 2.76 bits per heavy atom. The third kappa shape index (κ3) is 6.19. The fraction of sp³-hybridized carbons (Fsp3) is 0.500. The lowest BCUT2D eigenvalue weighted by Crippen LogP contribution is -2.38. The molecule has 0 fully saturated rings. The van der Waals surface area contributed by atoms with Crippen molar-refractivity contribution in [1.82, 2.24) is 20.8 Å². The molecule has 0 radical (unpaired) electrons. The zero-order chi connectivity index (χ0) is 18.1. The van der Waals surface area contributed by atoms with Crippen LogP contribution in [0.4, 0.5) is 0 Å². The van der Waals surface area contributed by atoms with E-state index in [1.54, 1.807) is 7.11 Å². The number of nitrogens with one attached hydrogen (secondary N) is 2. The maximum Gasteiger partial charge on any atom is 0.226 e. The van der Waals surface area contributed by atoms with Crippen molar-refractivity contribution in [3.63, 3.8) is 0 Å². The molecular weight excluding hydrogens is 320 g/mol. The van der Waals surface area contributed by atoms with E-state index in [9.17, 15) is 4.79 Å². The first-order valence-corrected chi connectivity index (χ1v) is 8.59. The summed E-state index contributed by atoms with van der Waals surface area (Å²) in [5, 5.41) is 10.2. The molecule has 0 spiro atoms. The second-order valence-electron chi connectivity index (χ2n) is 5.86. The van der Waals surface area contributed by atoms with Gasteiger partial charge in [0.1, 0.15) is 5.75 Å². The molecule has 7 heteroatoms. The zero-order valence-corrected chi connectivity index (χ0v) is 15.0. The maximum absolute atomic E-state index is 11.8. The zero-order valence-electron chi connectivity index (χ0n) is 15.0. The molecule has 25 heavy (non-hydrogen) atoms. The predicted molar refractivity (Wildman–Crippen MR) is 95.4 cm³/mol. The van der Waals surface area contributed by atoms with E-state index < -0.39 is 0 Å². The molecule has 1 amide bonds. The Labute approximate surface area is 148 Å². The number of carbonyl (C=O) groups excluding carboxylic acids is 1. The Morgan fingerprint density at radius 2 is 2.08 bits per heavy atom. The molecule has 0 aliphatic heterocycles. The fourth-order valence-electron chi connectivity index (χ4n) is 2.39. The van der Waals surface area contributed by atoms with E-state index in [1.807, 2.05) is 38.1 Å². The summed E-state index contributed by atoms with van der Waals surface area (Å²) in [7, 11) is 1.62. The highest BCUT2D eigenvalue weighted by atomic mass is 16.5. The molecule has 2 N–H and O–H groups in total. The number of hydrogen-bond donors (Lipinski definition) is 2. The van der Waals surface area contributed by atoms with Crippen LogP contribution in [-0.2, 0) is 11.2 Å². The van der Waals surface area contributed by atoms with Gasteiger partial charge in [0.15, 0.2) is 0 Å². The molecule has 1 aromatic heterocycles. The van der Waals surface area contributed by atoms with Gasteiger partial charge in [-0.05, 0) is 44.2 Å². The molecule has 0 bridgehead atoms. The second-order valence-corrected chi connectivity index (χ2v) is 5.86. The summed E-state index contributed by atoms with van der Waals surface area (Å²) >= 11 is 0. The third-order valence-electron chi connectivity index (χ3n) is 3.77. The molecule has 1 atom stereocenters. The number of benzene rings is 1. The molecule has 0 aliphatic carbocycles. The number of methoxy groups -OCH3 is 1. The van der Waals surface area contributed by atoms with Gasteiger partial charge in [-0.3, -0.25) is 4.79 Å². The highest BCUT2D eigenvalue weighted by molar-refractivity contribution is 5.75. The number of likely N-dealkylation sites (N-methyl/N-ethyl adjacent to an activating group) is 1. The van der Waals surface area contributed by atoms with Crippen LogP contribution in [0.5, 0.6) is 5.75 Å². The van der Waals surface area contributed by atoms with Gasteiger partial charge >= 0.3 is 0 Å². The average molecular weight is 346 g/mol. The lowest BCUT2D eigenvalue weighted by atomic mass is 10.2. The molecule has 7 nitrogen and oxygen atoms in total. The summed E-state index contributed by atoms with van der Waals surface area (Å²) in [4.78, 5) is 16.2. The third-order valence-corrected chi connectivity index (χ3v) is 3.77. The number of nitrogens with zero attached hydrogens (tertiary/aromatic N) is 2. The van der Waals surface area contributed by atoms with Gasteiger partial charge in [-0.15, -0.1) is 0 Å². The largest absolute Gasteiger partial charge is 0.497 e. The summed E-state index contributed by atoms with van der Waals surface area (Å²) < 4.78 is 10.4. The molecular formula is C18H26N4O3. The van der Waals surface area contributed by atoms with Crippen LogP contribution < -0.4 is 15.4 Å². The first kappa shape index (κ1) is 18.9. The standard InChI is InChI=1S/C18H26N4O3/c1-4-19-13(2)12-20-16(23)6-5-7-17-21-18(22-25-17)14-8-10-15(24-3)11-9-14/h8-11,13,19H,4-7,12H2,1-3H3,(H,20,23)/t13-/m1/s1. The van der Waals surface area contributed by atoms with Crippen LogP contribution >= 0.6 is 0 Å². The van der Waals surface area contributed by atoms with Crippen LogP contribution in [0.15, 0.2) is 28.8 Å². The normalized spacial score (nSPS) is 12.0. The van der Waals surface area contributed by atoms with Crippen molar-refractivity contribution in [2.45, 2.75) is 39.2 Å². The number of amides is 1. The molecule has 2 rings (SSSR count). The maximum atomic E-state index is 11.8. The Bertz CT molecular complexity index is 655. The SMILES string of the molecule is CCN[C@H](C)CNC(=O)CCCc1nc(-c2ccc(OC)cc2)no1. The molecule has 1 aromatic carbocycles. The van der Waals surface area contributed by atoms with E-state index in [0.29, 0.717) is 37.5 Å². The number of rotatable bonds is 10. The molecule has 136 valence electrons. The van der Waals surface area contributed by atoms with Crippen molar-refractivity contribution in [3.05, 3.63) is 30.2 Å². The van der Waals surface area contributed by atoms with E-state index in [0.717, 1.165) is 17.9 Å². The first-order valence-electron chi connectivity index (χ1n) is 8.59. The van der Waals surface area contributed by atoms with Gasteiger partial charge < -0.3 is 19.9 Å². The lowest BCUT2D eigenvalue weighted by molar-refractivity contribution is -0.121. The highest BCUT2D eigenvalue weighted by Gasteiger charge is 2.10. The number of carbonyl (C=O) groups is 1. The van der Waals surface area contributed by atoms with Crippen LogP contribution in [0.1, 0.15) is 32.6 Å². The topological polar surface area (TPSA) is 89.3 Å². The minimum atomic E-state index is 0.0413. The minimum absolute atomic E-state index is 0.0413. The number of aromatic nitrogens is 2. The van der Waals surface area contributed by atoms with E-state index in [4.69, 9.17) is 9.26 Å². The molecule has 0 aliphatic rings. The summed E-state index contributed by atoms with van der Waals surface area (Å²) in [6.45, 7) is 5.62. The average Bonchev–Trinajstić information content (AvgIpc) is 3.09. The van der Waals surface area contributed by atoms with Gasteiger partial charge in [-0.2, -0.15) is 4.98 Å². The molecule has 0 unspecified atom stereocenters. The molecule has 2 aromatic rings. The summed E-state index contributed by atoms with van der Waals surface area (Å²) in [6, 6.07) is 7.74. The van der Waals surface area contributed by atoms with Gasteiger partial charge in [-0.25, -0.2) is 0 Å². The Kier molecular flexibility index (Phi) is 7.40. The highest BCUT2D eigenvalue weighted by Crippen LogP contribution is 2.20. The number of aryl methyl sites for hydroxylation is 1. The van der Waals surface area contributed by atoms with Crippen LogP contribution in [0.2, 0.25) is 0 Å². The van der Waals surface area contributed by atoms with Gasteiger partial charge in [0.05, 0.1) is 7.11 Å². The predicted octanol–water partition coefficient (Wildman–Crippen LogP) is 2.18.